The Kier molecular flexibility index (Phi) is 4.70. The van der Waals surface area contributed by atoms with Crippen LogP contribution in [-0.2, 0) is 22.3 Å². The minimum Gasteiger partial charge on any atom is -0.768 e. The van der Waals surface area contributed by atoms with E-state index < -0.39 is 11.1 Å². The van der Waals surface area contributed by atoms with Gasteiger partial charge in [0.1, 0.15) is 0 Å². The van der Waals surface area contributed by atoms with Gasteiger partial charge in [-0.05, 0) is 35.2 Å². The van der Waals surface area contributed by atoms with Crippen molar-refractivity contribution in [3.8, 4) is 0 Å². The molecule has 2 rings (SSSR count). The minimum atomic E-state index is -2.24. The topological polar surface area (TPSA) is 60.4 Å². The fourth-order valence-electron chi connectivity index (χ4n) is 1.79. The third kappa shape index (κ3) is 2.55. The Bertz CT molecular complexity index is 450. The van der Waals surface area contributed by atoms with Gasteiger partial charge in [-0.25, -0.2) is 0 Å². The van der Waals surface area contributed by atoms with Crippen LogP contribution in [0.3, 0.4) is 0 Å². The maximum atomic E-state index is 11.3. The van der Waals surface area contributed by atoms with Crippen LogP contribution in [-0.4, -0.2) is 21.2 Å². The van der Waals surface area contributed by atoms with Gasteiger partial charge in [0.15, 0.2) is 0 Å². The summed E-state index contributed by atoms with van der Waals surface area (Å²) in [6.07, 6.45) is 0.792. The van der Waals surface area contributed by atoms with Gasteiger partial charge in [0.25, 0.3) is 0 Å². The van der Waals surface area contributed by atoms with E-state index in [0.717, 1.165) is 17.7 Å². The van der Waals surface area contributed by atoms with Crippen LogP contribution in [0.2, 0.25) is 0 Å². The summed E-state index contributed by atoms with van der Waals surface area (Å²) in [5.74, 6) is -0.0532. The second-order valence-electron chi connectivity index (χ2n) is 3.45. The molecule has 0 spiro atoms. The van der Waals surface area contributed by atoms with Crippen molar-refractivity contribution in [3.63, 3.8) is 0 Å². The summed E-state index contributed by atoms with van der Waals surface area (Å²) in [5, 5.41) is 0. The van der Waals surface area contributed by atoms with Gasteiger partial charge in [-0.3, -0.25) is 9.00 Å². The van der Waals surface area contributed by atoms with Gasteiger partial charge in [0, 0.05) is 24.1 Å². The average Bonchev–Trinajstić information content (AvgIpc) is 2.59. The van der Waals surface area contributed by atoms with E-state index in [4.69, 9.17) is 0 Å². The molecule has 1 amide bonds. The van der Waals surface area contributed by atoms with Gasteiger partial charge in [-0.15, -0.1) is 0 Å². The van der Waals surface area contributed by atoms with Gasteiger partial charge in [-0.2, -0.15) is 0 Å². The molecule has 0 saturated carbocycles. The van der Waals surface area contributed by atoms with Crippen molar-refractivity contribution in [2.45, 2.75) is 18.2 Å². The number of fused-ring (bicyclic) bond motifs is 1. The molecule has 0 bridgehead atoms. The number of nitrogens with zero attached hydrogens (tertiary/aromatic N) is 1. The van der Waals surface area contributed by atoms with Crippen LogP contribution in [0.4, 0.5) is 5.69 Å². The van der Waals surface area contributed by atoms with E-state index in [0.29, 0.717) is 6.54 Å². The van der Waals surface area contributed by atoms with Crippen molar-refractivity contribution in [2.75, 3.05) is 11.4 Å². The van der Waals surface area contributed by atoms with Crippen LogP contribution in [0.15, 0.2) is 23.1 Å². The van der Waals surface area contributed by atoms with Crippen LogP contribution >= 0.6 is 0 Å². The molecule has 0 saturated heterocycles. The number of carbonyl (C=O) groups excluding carboxylic acids is 1. The van der Waals surface area contributed by atoms with Gasteiger partial charge >= 0.3 is 29.6 Å². The summed E-state index contributed by atoms with van der Waals surface area (Å²) in [6, 6.07) is 4.88. The summed E-state index contributed by atoms with van der Waals surface area (Å²) in [7, 11) is 0. The Balaban J connectivity index is 0.00000128. The number of hydrogen-bond acceptors (Lipinski definition) is 3. The first kappa shape index (κ1) is 13.9. The zero-order chi connectivity index (χ0) is 11.0. The van der Waals surface area contributed by atoms with Crippen LogP contribution < -0.4 is 34.5 Å². The van der Waals surface area contributed by atoms with Crippen molar-refractivity contribution in [2.24, 2.45) is 0 Å². The molecule has 1 unspecified atom stereocenters. The van der Waals surface area contributed by atoms with Crippen molar-refractivity contribution in [1.82, 2.24) is 0 Å². The number of carbonyl (C=O) groups is 1. The Morgan fingerprint density at radius 1 is 1.50 bits per heavy atom. The fourth-order valence-corrected chi connectivity index (χ4v) is 2.18. The summed E-state index contributed by atoms with van der Waals surface area (Å²) in [6.45, 7) is 2.12. The monoisotopic (exact) mass is 247 g/mol. The van der Waals surface area contributed by atoms with E-state index in [1.54, 1.807) is 23.1 Å². The first-order valence-corrected chi connectivity index (χ1v) is 5.67. The molecule has 1 atom stereocenters. The summed E-state index contributed by atoms with van der Waals surface area (Å²) < 4.78 is 21.5. The zero-order valence-electron chi connectivity index (χ0n) is 9.23. The summed E-state index contributed by atoms with van der Waals surface area (Å²) in [4.78, 5) is 13.1. The second-order valence-corrected chi connectivity index (χ2v) is 4.39. The van der Waals surface area contributed by atoms with Crippen LogP contribution in [0.1, 0.15) is 12.5 Å². The van der Waals surface area contributed by atoms with Crippen LogP contribution in [0, 0.1) is 0 Å². The standard InChI is InChI=1S/C10H11NO3S.Na/c1-7(12)11-5-4-8-2-3-9(15(13)14)6-10(8)11;/h2-3,6H,4-5H2,1H3,(H,13,14);/q;+1/p-1. The molecule has 0 fully saturated rings. The average molecular weight is 247 g/mol. The summed E-state index contributed by atoms with van der Waals surface area (Å²) >= 11 is -2.24. The number of amides is 1. The third-order valence-corrected chi connectivity index (χ3v) is 3.16. The summed E-state index contributed by atoms with van der Waals surface area (Å²) in [5.41, 5.74) is 1.75. The molecule has 16 heavy (non-hydrogen) atoms. The molecule has 80 valence electrons. The second kappa shape index (κ2) is 5.42. The van der Waals surface area contributed by atoms with Crippen LogP contribution in [0.5, 0.6) is 0 Å². The van der Waals surface area contributed by atoms with E-state index >= 15 is 0 Å². The van der Waals surface area contributed by atoms with Gasteiger partial charge in [-0.1, -0.05) is 6.07 Å². The van der Waals surface area contributed by atoms with Crippen molar-refractivity contribution in [3.05, 3.63) is 23.8 Å². The van der Waals surface area contributed by atoms with Crippen molar-refractivity contribution in [1.29, 1.82) is 0 Å². The molecular formula is C10H10NNaO3S. The molecule has 6 heteroatoms. The molecule has 1 aliphatic rings. The van der Waals surface area contributed by atoms with Crippen molar-refractivity contribution >= 4 is 22.7 Å². The number of hydrogen-bond donors (Lipinski definition) is 0. The number of anilines is 1. The molecule has 0 aromatic heterocycles. The van der Waals surface area contributed by atoms with Gasteiger partial charge < -0.3 is 9.45 Å². The van der Waals surface area contributed by atoms with E-state index in [9.17, 15) is 13.6 Å². The molecular weight excluding hydrogens is 237 g/mol. The van der Waals surface area contributed by atoms with Crippen molar-refractivity contribution < 1.29 is 43.1 Å². The maximum absolute atomic E-state index is 11.3. The molecule has 0 N–H and O–H groups in total. The molecule has 1 aromatic rings. The minimum absolute atomic E-state index is 0. The Labute approximate surface area is 119 Å². The SMILES string of the molecule is CC(=O)N1CCc2ccc(S(=O)[O-])cc21.[Na+]. The van der Waals surface area contributed by atoms with E-state index in [1.165, 1.54) is 6.92 Å². The van der Waals surface area contributed by atoms with E-state index in [1.807, 2.05) is 0 Å². The predicted octanol–water partition coefficient (Wildman–Crippen LogP) is -2.16. The molecule has 1 aliphatic heterocycles. The molecule has 0 aliphatic carbocycles. The molecule has 0 radical (unpaired) electrons. The fraction of sp³-hybridized carbons (Fsp3) is 0.300. The Hall–Kier alpha value is -0.200. The smallest absolute Gasteiger partial charge is 0.768 e. The largest absolute Gasteiger partial charge is 1.00 e. The number of rotatable bonds is 1. The van der Waals surface area contributed by atoms with Crippen LogP contribution in [0.25, 0.3) is 0 Å². The molecule has 1 aromatic carbocycles. The molecule has 1 heterocycles. The van der Waals surface area contributed by atoms with Gasteiger partial charge in [0.05, 0.1) is 0 Å². The molecule has 4 nitrogen and oxygen atoms in total. The first-order chi connectivity index (χ1) is 7.09. The van der Waals surface area contributed by atoms with E-state index in [2.05, 4.69) is 0 Å². The quantitative estimate of drug-likeness (QED) is 0.419. The third-order valence-electron chi connectivity index (χ3n) is 2.52. The number of benzene rings is 1. The van der Waals surface area contributed by atoms with Gasteiger partial charge in [0.2, 0.25) is 5.91 Å². The first-order valence-electron chi connectivity index (χ1n) is 4.60. The maximum Gasteiger partial charge on any atom is 1.00 e. The zero-order valence-corrected chi connectivity index (χ0v) is 12.0. The van der Waals surface area contributed by atoms with E-state index in [-0.39, 0.29) is 40.4 Å². The predicted molar refractivity (Wildman–Crippen MR) is 55.4 cm³/mol. The Morgan fingerprint density at radius 2 is 2.19 bits per heavy atom. The Morgan fingerprint density at radius 3 is 2.75 bits per heavy atom. The normalized spacial score (nSPS) is 15.2.